The number of carbonyl (C=O) groups excluding carboxylic acids is 3. The lowest BCUT2D eigenvalue weighted by molar-refractivity contribution is -0.141. The van der Waals surface area contributed by atoms with Gasteiger partial charge >= 0.3 is 12.2 Å². The molecule has 0 aromatic heterocycles. The summed E-state index contributed by atoms with van der Waals surface area (Å²) in [7, 11) is 0. The number of hydrogen-bond acceptors (Lipinski definition) is 3. The van der Waals surface area contributed by atoms with Gasteiger partial charge in [0.1, 0.15) is 18.6 Å². The van der Waals surface area contributed by atoms with Crippen LogP contribution >= 0.6 is 0 Å². The smallest absolute Gasteiger partial charge is 0.345 e. The molecule has 1 atom stereocenters. The molecule has 4 amide bonds. The summed E-state index contributed by atoms with van der Waals surface area (Å²) in [5.41, 5.74) is -1.10. The quantitative estimate of drug-likeness (QED) is 0.525. The van der Waals surface area contributed by atoms with Crippen LogP contribution in [0, 0.1) is 0 Å². The third-order valence-electron chi connectivity index (χ3n) is 3.66. The van der Waals surface area contributed by atoms with E-state index in [4.69, 9.17) is 0 Å². The Hall–Kier alpha value is -1.80. The molecule has 0 radical (unpaired) electrons. The normalized spacial score (nSPS) is 21.5. The van der Waals surface area contributed by atoms with Crippen LogP contribution in [0.1, 0.15) is 46.0 Å². The van der Waals surface area contributed by atoms with Crippen molar-refractivity contribution < 1.29 is 27.6 Å². The Kier molecular flexibility index (Phi) is 6.40. The van der Waals surface area contributed by atoms with Crippen molar-refractivity contribution in [2.75, 3.05) is 13.1 Å². The molecule has 0 aliphatic carbocycles. The van der Waals surface area contributed by atoms with Gasteiger partial charge in [-0.2, -0.15) is 13.2 Å². The van der Waals surface area contributed by atoms with Crippen molar-refractivity contribution in [1.82, 2.24) is 15.5 Å². The summed E-state index contributed by atoms with van der Waals surface area (Å²) in [6.07, 6.45) is -0.408. The van der Waals surface area contributed by atoms with E-state index in [0.29, 0.717) is 11.3 Å². The van der Waals surface area contributed by atoms with Gasteiger partial charge in [-0.15, -0.1) is 0 Å². The van der Waals surface area contributed by atoms with Crippen LogP contribution in [0.5, 0.6) is 0 Å². The van der Waals surface area contributed by atoms with E-state index in [0.717, 1.165) is 25.7 Å². The molecule has 0 bridgehead atoms. The van der Waals surface area contributed by atoms with Gasteiger partial charge in [0.2, 0.25) is 5.91 Å². The summed E-state index contributed by atoms with van der Waals surface area (Å²) < 4.78 is 36.1. The molecule has 132 valence electrons. The van der Waals surface area contributed by atoms with E-state index in [9.17, 15) is 27.6 Å². The monoisotopic (exact) mass is 337 g/mol. The number of nitrogens with one attached hydrogen (secondary N) is 2. The van der Waals surface area contributed by atoms with Crippen molar-refractivity contribution in [3.8, 4) is 0 Å². The lowest BCUT2D eigenvalue weighted by Gasteiger charge is -2.21. The maximum Gasteiger partial charge on any atom is 0.405 e. The number of unbranched alkanes of at least 4 members (excludes halogenated alkanes) is 3. The molecule has 0 saturated carbocycles. The molecule has 1 aliphatic rings. The Morgan fingerprint density at radius 1 is 1.26 bits per heavy atom. The minimum absolute atomic E-state index is 0.429. The maximum atomic E-state index is 12.3. The van der Waals surface area contributed by atoms with Gasteiger partial charge in [0.25, 0.3) is 5.91 Å². The van der Waals surface area contributed by atoms with Gasteiger partial charge in [0.15, 0.2) is 0 Å². The van der Waals surface area contributed by atoms with E-state index in [1.165, 1.54) is 0 Å². The highest BCUT2D eigenvalue weighted by molar-refractivity contribution is 6.08. The third-order valence-corrected chi connectivity index (χ3v) is 3.66. The Balaban J connectivity index is 2.55. The number of halogens is 3. The number of imide groups is 1. The number of alkyl halides is 3. The molecule has 6 nitrogen and oxygen atoms in total. The number of carbonyl (C=O) groups is 3. The van der Waals surface area contributed by atoms with E-state index in [1.54, 1.807) is 12.2 Å². The average molecular weight is 337 g/mol. The average Bonchev–Trinajstić information content (AvgIpc) is 2.65. The summed E-state index contributed by atoms with van der Waals surface area (Å²) in [5, 5.41) is 4.16. The number of hydrogen-bond donors (Lipinski definition) is 2. The molecule has 0 aromatic carbocycles. The molecule has 0 spiro atoms. The van der Waals surface area contributed by atoms with Crippen molar-refractivity contribution in [2.24, 2.45) is 0 Å². The summed E-state index contributed by atoms with van der Waals surface area (Å²) >= 11 is 0. The number of urea groups is 1. The van der Waals surface area contributed by atoms with Crippen molar-refractivity contribution in [3.63, 3.8) is 0 Å². The summed E-state index contributed by atoms with van der Waals surface area (Å²) in [4.78, 5) is 36.2. The second-order valence-electron chi connectivity index (χ2n) is 5.86. The first-order valence-corrected chi connectivity index (χ1v) is 7.56. The van der Waals surface area contributed by atoms with Crippen LogP contribution in [0.15, 0.2) is 0 Å². The molecule has 1 fully saturated rings. The van der Waals surface area contributed by atoms with Crippen LogP contribution in [0.4, 0.5) is 18.0 Å². The van der Waals surface area contributed by atoms with Gasteiger partial charge in [-0.05, 0) is 13.3 Å². The van der Waals surface area contributed by atoms with Gasteiger partial charge in [0.05, 0.1) is 0 Å². The first-order valence-electron chi connectivity index (χ1n) is 7.56. The molecule has 1 unspecified atom stereocenters. The second kappa shape index (κ2) is 7.65. The molecule has 1 heterocycles. The lowest BCUT2D eigenvalue weighted by Crippen LogP contribution is -2.46. The molecule has 1 saturated heterocycles. The van der Waals surface area contributed by atoms with Gasteiger partial charge in [-0.1, -0.05) is 32.6 Å². The Morgan fingerprint density at radius 3 is 2.48 bits per heavy atom. The minimum Gasteiger partial charge on any atom is -0.345 e. The largest absolute Gasteiger partial charge is 0.405 e. The Morgan fingerprint density at radius 2 is 1.91 bits per heavy atom. The van der Waals surface area contributed by atoms with Crippen LogP contribution in [-0.2, 0) is 9.59 Å². The zero-order valence-corrected chi connectivity index (χ0v) is 13.3. The van der Waals surface area contributed by atoms with Crippen LogP contribution in [-0.4, -0.2) is 47.6 Å². The zero-order chi connectivity index (χ0) is 17.7. The topological polar surface area (TPSA) is 78.5 Å². The van der Waals surface area contributed by atoms with Crippen LogP contribution in [0.3, 0.4) is 0 Å². The van der Waals surface area contributed by atoms with Gasteiger partial charge in [-0.3, -0.25) is 14.5 Å². The van der Waals surface area contributed by atoms with E-state index < -0.39 is 42.7 Å². The van der Waals surface area contributed by atoms with Crippen LogP contribution in [0.2, 0.25) is 0 Å². The lowest BCUT2D eigenvalue weighted by atomic mass is 9.94. The molecule has 1 aliphatic heterocycles. The molecule has 2 N–H and O–H groups in total. The Labute approximate surface area is 132 Å². The standard InChI is InChI=1S/C14H22F3N3O3/c1-3-4-5-6-7-13(2)11(22)20(12(23)19-13)8-10(21)18-9-14(15,16)17/h3-9H2,1-2H3,(H,18,21)(H,19,23). The van der Waals surface area contributed by atoms with Crippen molar-refractivity contribution in [1.29, 1.82) is 0 Å². The molecule has 0 aromatic rings. The van der Waals surface area contributed by atoms with Gasteiger partial charge < -0.3 is 10.6 Å². The van der Waals surface area contributed by atoms with E-state index in [1.807, 2.05) is 6.92 Å². The summed E-state index contributed by atoms with van der Waals surface area (Å²) in [5.74, 6) is -1.61. The SMILES string of the molecule is CCCCCCC1(C)NC(=O)N(CC(=O)NCC(F)(F)F)C1=O. The van der Waals surface area contributed by atoms with Crippen LogP contribution < -0.4 is 10.6 Å². The Bertz CT molecular complexity index is 468. The fraction of sp³-hybridized carbons (Fsp3) is 0.786. The van der Waals surface area contributed by atoms with Crippen molar-refractivity contribution in [2.45, 2.75) is 57.7 Å². The number of amides is 4. The fourth-order valence-electron chi connectivity index (χ4n) is 2.36. The molecule has 23 heavy (non-hydrogen) atoms. The highest BCUT2D eigenvalue weighted by atomic mass is 19.4. The molecular formula is C14H22F3N3O3. The number of nitrogens with zero attached hydrogens (tertiary/aromatic N) is 1. The second-order valence-corrected chi connectivity index (χ2v) is 5.86. The van der Waals surface area contributed by atoms with E-state index in [2.05, 4.69) is 5.32 Å². The minimum atomic E-state index is -4.54. The summed E-state index contributed by atoms with van der Waals surface area (Å²) in [6.45, 7) is 1.40. The first kappa shape index (κ1) is 19.2. The maximum absolute atomic E-state index is 12.3. The van der Waals surface area contributed by atoms with Crippen LogP contribution in [0.25, 0.3) is 0 Å². The van der Waals surface area contributed by atoms with Crippen molar-refractivity contribution in [3.05, 3.63) is 0 Å². The molecular weight excluding hydrogens is 315 g/mol. The van der Waals surface area contributed by atoms with E-state index in [-0.39, 0.29) is 0 Å². The highest BCUT2D eigenvalue weighted by Crippen LogP contribution is 2.24. The van der Waals surface area contributed by atoms with Crippen molar-refractivity contribution >= 4 is 17.8 Å². The highest BCUT2D eigenvalue weighted by Gasteiger charge is 2.47. The third kappa shape index (κ3) is 5.72. The predicted octanol–water partition coefficient (Wildman–Crippen LogP) is 1.95. The predicted molar refractivity (Wildman–Crippen MR) is 76.5 cm³/mol. The van der Waals surface area contributed by atoms with Gasteiger partial charge in [-0.25, -0.2) is 4.79 Å². The van der Waals surface area contributed by atoms with E-state index >= 15 is 0 Å². The molecule has 9 heteroatoms. The summed E-state index contributed by atoms with van der Waals surface area (Å²) in [6, 6.07) is -0.754. The molecule has 1 rings (SSSR count). The number of rotatable bonds is 8. The fourth-order valence-corrected chi connectivity index (χ4v) is 2.36. The first-order chi connectivity index (χ1) is 10.6. The van der Waals surface area contributed by atoms with Gasteiger partial charge in [0, 0.05) is 0 Å². The zero-order valence-electron chi connectivity index (χ0n) is 13.3.